The molecule has 4 heteroatoms. The van der Waals surface area contributed by atoms with Gasteiger partial charge in [-0.05, 0) is 36.5 Å². The molecule has 1 aromatic heterocycles. The van der Waals surface area contributed by atoms with E-state index in [2.05, 4.69) is 34.1 Å². The molecule has 1 aromatic carbocycles. The number of carbonyl (C=O) groups is 1. The van der Waals surface area contributed by atoms with Gasteiger partial charge in [0.05, 0.1) is 5.69 Å². The molecule has 1 amide bonds. The average molecular weight is 335 g/mol. The number of benzene rings is 1. The van der Waals surface area contributed by atoms with Crippen LogP contribution in [0, 0.1) is 5.92 Å². The van der Waals surface area contributed by atoms with Crippen molar-refractivity contribution in [1.29, 1.82) is 0 Å². The number of rotatable bonds is 4. The van der Waals surface area contributed by atoms with Crippen molar-refractivity contribution in [3.63, 3.8) is 0 Å². The molecule has 1 aliphatic heterocycles. The Bertz CT molecular complexity index is 725. The lowest BCUT2D eigenvalue weighted by Crippen LogP contribution is -2.44. The molecule has 130 valence electrons. The molecule has 0 N–H and O–H groups in total. The zero-order valence-corrected chi connectivity index (χ0v) is 14.6. The molecule has 0 unspecified atom stereocenters. The molecule has 0 spiro atoms. The van der Waals surface area contributed by atoms with Crippen molar-refractivity contribution in [3.8, 4) is 0 Å². The lowest BCUT2D eigenvalue weighted by Gasteiger charge is -2.37. The minimum Gasteiger partial charge on any atom is -0.349 e. The Morgan fingerprint density at radius 1 is 1.04 bits per heavy atom. The van der Waals surface area contributed by atoms with Gasteiger partial charge in [-0.2, -0.15) is 0 Å². The van der Waals surface area contributed by atoms with Crippen LogP contribution in [0.25, 0.3) is 0 Å². The van der Waals surface area contributed by atoms with Gasteiger partial charge in [-0.25, -0.2) is 4.98 Å². The van der Waals surface area contributed by atoms with Gasteiger partial charge in [0.1, 0.15) is 0 Å². The Morgan fingerprint density at radius 2 is 1.84 bits per heavy atom. The second-order valence-electron chi connectivity index (χ2n) is 7.15. The summed E-state index contributed by atoms with van der Waals surface area (Å²) < 4.78 is 0. The van der Waals surface area contributed by atoms with E-state index in [1.165, 1.54) is 31.2 Å². The van der Waals surface area contributed by atoms with Gasteiger partial charge < -0.3 is 9.80 Å². The molecule has 0 bridgehead atoms. The third-order valence-electron chi connectivity index (χ3n) is 5.41. The summed E-state index contributed by atoms with van der Waals surface area (Å²) in [4.78, 5) is 21.7. The molecule has 2 aliphatic rings. The summed E-state index contributed by atoms with van der Waals surface area (Å²) in [6.45, 7) is 2.40. The predicted octanol–water partition coefficient (Wildman–Crippen LogP) is 4.02. The lowest BCUT2D eigenvalue weighted by molar-refractivity contribution is -0.119. The van der Waals surface area contributed by atoms with Gasteiger partial charge in [0.25, 0.3) is 0 Å². The Balaban J connectivity index is 1.53. The number of amides is 1. The smallest absolute Gasteiger partial charge is 0.227 e. The number of nitrogens with zero attached hydrogens (tertiary/aromatic N) is 3. The molecule has 0 saturated heterocycles. The minimum atomic E-state index is 0.264. The highest BCUT2D eigenvalue weighted by atomic mass is 16.2. The number of carbonyl (C=O) groups excluding carboxylic acids is 1. The largest absolute Gasteiger partial charge is 0.349 e. The summed E-state index contributed by atoms with van der Waals surface area (Å²) in [5.74, 6) is 1.77. The van der Waals surface area contributed by atoms with E-state index < -0.39 is 0 Å². The van der Waals surface area contributed by atoms with Gasteiger partial charge in [-0.1, -0.05) is 43.2 Å². The predicted molar refractivity (Wildman–Crippen MR) is 101 cm³/mol. The third-order valence-corrected chi connectivity index (χ3v) is 5.41. The van der Waals surface area contributed by atoms with Crippen LogP contribution in [0.3, 0.4) is 0 Å². The Labute approximate surface area is 149 Å². The quantitative estimate of drug-likeness (QED) is 0.847. The highest BCUT2D eigenvalue weighted by Gasteiger charge is 2.29. The van der Waals surface area contributed by atoms with E-state index >= 15 is 0 Å². The number of anilines is 2. The topological polar surface area (TPSA) is 36.4 Å². The summed E-state index contributed by atoms with van der Waals surface area (Å²) in [6.07, 6.45) is 7.48. The van der Waals surface area contributed by atoms with Crippen molar-refractivity contribution >= 4 is 17.4 Å². The van der Waals surface area contributed by atoms with E-state index in [1.807, 2.05) is 29.3 Å². The third kappa shape index (κ3) is 3.53. The van der Waals surface area contributed by atoms with E-state index in [9.17, 15) is 4.79 Å². The van der Waals surface area contributed by atoms with Crippen LogP contribution in [-0.2, 0) is 11.3 Å². The zero-order chi connectivity index (χ0) is 17.1. The van der Waals surface area contributed by atoms with Crippen molar-refractivity contribution in [2.75, 3.05) is 22.9 Å². The first-order valence-electron chi connectivity index (χ1n) is 9.35. The molecule has 0 radical (unpaired) electrons. The average Bonchev–Trinajstić information content (AvgIpc) is 3.16. The SMILES string of the molecule is O=C(CC1CCCC1)N1CCN(Cc2ccccc2)c2ncccc21. The van der Waals surface area contributed by atoms with Crippen LogP contribution in [-0.4, -0.2) is 24.0 Å². The summed E-state index contributed by atoms with van der Waals surface area (Å²) >= 11 is 0. The van der Waals surface area contributed by atoms with Crippen molar-refractivity contribution in [3.05, 3.63) is 54.2 Å². The molecule has 1 saturated carbocycles. The molecule has 25 heavy (non-hydrogen) atoms. The van der Waals surface area contributed by atoms with E-state index in [4.69, 9.17) is 0 Å². The maximum absolute atomic E-state index is 12.9. The lowest BCUT2D eigenvalue weighted by atomic mass is 10.0. The molecular weight excluding hydrogens is 310 g/mol. The number of pyridine rings is 1. The highest BCUT2D eigenvalue weighted by Crippen LogP contribution is 2.34. The molecule has 2 aromatic rings. The first-order valence-corrected chi connectivity index (χ1v) is 9.35. The number of fused-ring (bicyclic) bond motifs is 1. The number of hydrogen-bond acceptors (Lipinski definition) is 3. The van der Waals surface area contributed by atoms with Crippen LogP contribution in [0.5, 0.6) is 0 Å². The van der Waals surface area contributed by atoms with Crippen LogP contribution in [0.2, 0.25) is 0 Å². The number of aromatic nitrogens is 1. The van der Waals surface area contributed by atoms with Crippen LogP contribution in [0.15, 0.2) is 48.7 Å². The van der Waals surface area contributed by atoms with Gasteiger partial charge in [0.2, 0.25) is 5.91 Å². The van der Waals surface area contributed by atoms with Gasteiger partial charge in [0, 0.05) is 32.3 Å². The molecule has 4 nitrogen and oxygen atoms in total. The first kappa shape index (κ1) is 16.1. The standard InChI is InChI=1S/C21H25N3O/c25-20(15-17-7-4-5-8-17)24-14-13-23(16-18-9-2-1-3-10-18)21-19(24)11-6-12-22-21/h1-3,6,9-12,17H,4-5,7-8,13-16H2. The van der Waals surface area contributed by atoms with Crippen molar-refractivity contribution in [2.24, 2.45) is 5.92 Å². The summed E-state index contributed by atoms with van der Waals surface area (Å²) in [5.41, 5.74) is 2.23. The van der Waals surface area contributed by atoms with Crippen LogP contribution in [0.4, 0.5) is 11.5 Å². The summed E-state index contributed by atoms with van der Waals surface area (Å²) in [6, 6.07) is 14.4. The van der Waals surface area contributed by atoms with Crippen molar-refractivity contribution in [1.82, 2.24) is 4.98 Å². The van der Waals surface area contributed by atoms with Gasteiger partial charge in [-0.15, -0.1) is 0 Å². The molecule has 4 rings (SSSR count). The fourth-order valence-corrected chi connectivity index (χ4v) is 4.08. The van der Waals surface area contributed by atoms with E-state index in [-0.39, 0.29) is 5.91 Å². The highest BCUT2D eigenvalue weighted by molar-refractivity contribution is 5.97. The Kier molecular flexibility index (Phi) is 4.68. The minimum absolute atomic E-state index is 0.264. The second-order valence-corrected chi connectivity index (χ2v) is 7.15. The van der Waals surface area contributed by atoms with E-state index in [0.29, 0.717) is 12.3 Å². The van der Waals surface area contributed by atoms with Crippen LogP contribution >= 0.6 is 0 Å². The van der Waals surface area contributed by atoms with Gasteiger partial charge >= 0.3 is 0 Å². The fraction of sp³-hybridized carbons (Fsp3) is 0.429. The van der Waals surface area contributed by atoms with Gasteiger partial charge in [0.15, 0.2) is 5.82 Å². The molecule has 1 aliphatic carbocycles. The second kappa shape index (κ2) is 7.26. The van der Waals surface area contributed by atoms with Crippen LogP contribution in [0.1, 0.15) is 37.7 Å². The van der Waals surface area contributed by atoms with Crippen LogP contribution < -0.4 is 9.80 Å². The van der Waals surface area contributed by atoms with Crippen molar-refractivity contribution in [2.45, 2.75) is 38.6 Å². The number of hydrogen-bond donors (Lipinski definition) is 0. The molecule has 2 heterocycles. The Morgan fingerprint density at radius 3 is 2.64 bits per heavy atom. The van der Waals surface area contributed by atoms with E-state index in [1.54, 1.807) is 0 Å². The summed E-state index contributed by atoms with van der Waals surface area (Å²) in [7, 11) is 0. The maximum atomic E-state index is 12.9. The monoisotopic (exact) mass is 335 g/mol. The summed E-state index contributed by atoms with van der Waals surface area (Å²) in [5, 5.41) is 0. The molecular formula is C21H25N3O. The fourth-order valence-electron chi connectivity index (χ4n) is 4.08. The normalized spacial score (nSPS) is 17.6. The zero-order valence-electron chi connectivity index (χ0n) is 14.6. The van der Waals surface area contributed by atoms with Gasteiger partial charge in [-0.3, -0.25) is 4.79 Å². The van der Waals surface area contributed by atoms with Crippen molar-refractivity contribution < 1.29 is 4.79 Å². The maximum Gasteiger partial charge on any atom is 0.227 e. The molecule has 0 atom stereocenters. The first-order chi connectivity index (χ1) is 12.3. The Hall–Kier alpha value is -2.36. The molecule has 1 fully saturated rings. The van der Waals surface area contributed by atoms with E-state index in [0.717, 1.165) is 31.1 Å².